The summed E-state index contributed by atoms with van der Waals surface area (Å²) >= 11 is 0. The third kappa shape index (κ3) is 3.38. The molecular weight excluding hydrogens is 250 g/mol. The summed E-state index contributed by atoms with van der Waals surface area (Å²) in [6.07, 6.45) is 0.483. The molecule has 0 aliphatic carbocycles. The van der Waals surface area contributed by atoms with E-state index < -0.39 is 20.7 Å². The summed E-state index contributed by atoms with van der Waals surface area (Å²) in [6, 6.07) is 4.14. The largest absolute Gasteiger partial charge is 0.478 e. The Hall–Kier alpha value is -2.22. The van der Waals surface area contributed by atoms with E-state index in [0.717, 1.165) is 24.3 Å². The van der Waals surface area contributed by atoms with Gasteiger partial charge >= 0.3 is 5.97 Å². The van der Waals surface area contributed by atoms with Crippen LogP contribution in [0.3, 0.4) is 0 Å². The highest BCUT2D eigenvalue weighted by Crippen LogP contribution is 2.17. The molecule has 0 amide bonds. The van der Waals surface area contributed by atoms with Gasteiger partial charge in [0.1, 0.15) is 0 Å². The van der Waals surface area contributed by atoms with E-state index in [4.69, 9.17) is 5.11 Å². The first-order valence-corrected chi connectivity index (χ1v) is 5.78. The molecule has 0 atom stereocenters. The maximum Gasteiger partial charge on any atom is 0.329 e. The number of aliphatic carboxylic acids is 1. The number of rotatable bonds is 4. The Labute approximate surface area is 96.1 Å². The van der Waals surface area contributed by atoms with Crippen LogP contribution in [0.1, 0.15) is 0 Å². The second-order valence-electron chi connectivity index (χ2n) is 2.94. The molecule has 90 valence electrons. The summed E-state index contributed by atoms with van der Waals surface area (Å²) in [5, 5.41) is 19.2. The summed E-state index contributed by atoms with van der Waals surface area (Å²) < 4.78 is 23.0. The fraction of sp³-hybridized carbons (Fsp3) is 0. The topological polar surface area (TPSA) is 115 Å². The van der Waals surface area contributed by atoms with Gasteiger partial charge < -0.3 is 5.11 Å². The van der Waals surface area contributed by atoms with Crippen molar-refractivity contribution in [1.29, 1.82) is 0 Å². The molecule has 1 N–H and O–H groups in total. The van der Waals surface area contributed by atoms with Gasteiger partial charge in [-0.3, -0.25) is 10.1 Å². The molecule has 0 fully saturated rings. The highest BCUT2D eigenvalue weighted by Gasteiger charge is 2.13. The van der Waals surface area contributed by atoms with E-state index in [-0.39, 0.29) is 10.6 Å². The fourth-order valence-electron chi connectivity index (χ4n) is 0.984. The van der Waals surface area contributed by atoms with Crippen molar-refractivity contribution < 1.29 is 23.2 Å². The fourth-order valence-corrected chi connectivity index (χ4v) is 1.95. The summed E-state index contributed by atoms with van der Waals surface area (Å²) in [5.74, 6) is -1.39. The Kier molecular flexibility index (Phi) is 3.59. The summed E-state index contributed by atoms with van der Waals surface area (Å²) in [6.45, 7) is 0. The predicted molar refractivity (Wildman–Crippen MR) is 57.1 cm³/mol. The minimum absolute atomic E-state index is 0.208. The first kappa shape index (κ1) is 12.8. The quantitative estimate of drug-likeness (QED) is 0.488. The lowest BCUT2D eigenvalue weighted by Crippen LogP contribution is -1.98. The van der Waals surface area contributed by atoms with Crippen molar-refractivity contribution in [2.24, 2.45) is 0 Å². The lowest BCUT2D eigenvalue weighted by molar-refractivity contribution is -0.384. The van der Waals surface area contributed by atoms with Gasteiger partial charge in [0.05, 0.1) is 9.82 Å². The third-order valence-electron chi connectivity index (χ3n) is 1.77. The van der Waals surface area contributed by atoms with E-state index >= 15 is 0 Å². The second kappa shape index (κ2) is 4.74. The van der Waals surface area contributed by atoms with Crippen LogP contribution in [0.5, 0.6) is 0 Å². The molecule has 0 saturated carbocycles. The first-order valence-electron chi connectivity index (χ1n) is 4.23. The molecule has 0 aliphatic heterocycles. The van der Waals surface area contributed by atoms with Crippen LogP contribution >= 0.6 is 0 Å². The van der Waals surface area contributed by atoms with Crippen LogP contribution in [0.2, 0.25) is 0 Å². The Balaban J connectivity index is 3.09. The van der Waals surface area contributed by atoms with Crippen molar-refractivity contribution in [2.45, 2.75) is 4.90 Å². The number of nitrogens with zero attached hydrogens (tertiary/aromatic N) is 1. The van der Waals surface area contributed by atoms with E-state index in [1.54, 1.807) is 0 Å². The van der Waals surface area contributed by atoms with Gasteiger partial charge in [0.25, 0.3) is 5.69 Å². The zero-order valence-corrected chi connectivity index (χ0v) is 9.12. The van der Waals surface area contributed by atoms with Gasteiger partial charge in [-0.25, -0.2) is 13.2 Å². The number of carbonyl (C=O) groups is 1. The molecule has 7 nitrogen and oxygen atoms in total. The Morgan fingerprint density at radius 3 is 2.24 bits per heavy atom. The van der Waals surface area contributed by atoms with Gasteiger partial charge in [-0.05, 0) is 12.1 Å². The van der Waals surface area contributed by atoms with Crippen LogP contribution in [0.25, 0.3) is 0 Å². The molecule has 0 spiro atoms. The molecule has 0 aromatic heterocycles. The molecule has 0 radical (unpaired) electrons. The van der Waals surface area contributed by atoms with Crippen LogP contribution in [0.15, 0.2) is 40.6 Å². The van der Waals surface area contributed by atoms with Crippen LogP contribution in [0, 0.1) is 10.1 Å². The molecule has 17 heavy (non-hydrogen) atoms. The number of carboxylic acids is 1. The molecule has 8 heteroatoms. The molecule has 0 saturated heterocycles. The number of carboxylic acid groups (broad SMARTS) is 1. The second-order valence-corrected chi connectivity index (χ2v) is 4.77. The Bertz CT molecular complexity index is 572. The maximum absolute atomic E-state index is 11.5. The Morgan fingerprint density at radius 1 is 1.29 bits per heavy atom. The summed E-state index contributed by atoms with van der Waals surface area (Å²) in [4.78, 5) is 19.7. The van der Waals surface area contributed by atoms with Crippen LogP contribution < -0.4 is 0 Å². The number of nitro benzene ring substituents is 1. The number of non-ortho nitro benzene ring substituents is 1. The first-order chi connectivity index (χ1) is 7.83. The standard InChI is InChI=1S/C9H7NO6S/c11-9(12)5-6-17(15,16)8-3-1-7(2-4-8)10(13)14/h1-6H,(H,11,12)/b6-5+. The minimum atomic E-state index is -3.88. The van der Waals surface area contributed by atoms with Gasteiger partial charge in [-0.2, -0.15) is 0 Å². The lowest BCUT2D eigenvalue weighted by Gasteiger charge is -1.97. The van der Waals surface area contributed by atoms with Crippen LogP contribution in [-0.4, -0.2) is 24.4 Å². The van der Waals surface area contributed by atoms with E-state index in [1.807, 2.05) is 0 Å². The van der Waals surface area contributed by atoms with Crippen molar-refractivity contribution >= 4 is 21.5 Å². The van der Waals surface area contributed by atoms with Crippen LogP contribution in [-0.2, 0) is 14.6 Å². The molecule has 0 bridgehead atoms. The monoisotopic (exact) mass is 257 g/mol. The number of hydrogen-bond acceptors (Lipinski definition) is 5. The van der Waals surface area contributed by atoms with Crippen molar-refractivity contribution in [3.05, 3.63) is 45.9 Å². The third-order valence-corrected chi connectivity index (χ3v) is 3.19. The molecular formula is C9H7NO6S. The van der Waals surface area contributed by atoms with Crippen molar-refractivity contribution in [3.63, 3.8) is 0 Å². The number of nitro groups is 1. The van der Waals surface area contributed by atoms with E-state index in [0.29, 0.717) is 11.5 Å². The number of benzene rings is 1. The van der Waals surface area contributed by atoms with Gasteiger partial charge in [0, 0.05) is 23.6 Å². The maximum atomic E-state index is 11.5. The summed E-state index contributed by atoms with van der Waals surface area (Å²) in [5.41, 5.74) is -0.244. The van der Waals surface area contributed by atoms with E-state index in [9.17, 15) is 23.3 Å². The van der Waals surface area contributed by atoms with Crippen molar-refractivity contribution in [2.75, 3.05) is 0 Å². The Morgan fingerprint density at radius 2 is 1.82 bits per heavy atom. The van der Waals surface area contributed by atoms with Gasteiger partial charge in [0.2, 0.25) is 0 Å². The lowest BCUT2D eigenvalue weighted by atomic mass is 10.3. The van der Waals surface area contributed by atoms with Crippen LogP contribution in [0.4, 0.5) is 5.69 Å². The van der Waals surface area contributed by atoms with Gasteiger partial charge in [-0.15, -0.1) is 0 Å². The number of sulfone groups is 1. The van der Waals surface area contributed by atoms with Gasteiger partial charge in [0.15, 0.2) is 9.84 Å². The van der Waals surface area contributed by atoms with Crippen molar-refractivity contribution in [3.8, 4) is 0 Å². The zero-order valence-electron chi connectivity index (χ0n) is 8.31. The number of hydrogen-bond donors (Lipinski definition) is 1. The predicted octanol–water partition coefficient (Wildman–Crippen LogP) is 0.967. The molecule has 0 aliphatic rings. The average molecular weight is 257 g/mol. The molecule has 1 aromatic rings. The molecule has 0 heterocycles. The van der Waals surface area contributed by atoms with E-state index in [1.165, 1.54) is 0 Å². The molecule has 1 rings (SSSR count). The molecule has 0 unspecified atom stereocenters. The highest BCUT2D eigenvalue weighted by molar-refractivity contribution is 7.94. The van der Waals surface area contributed by atoms with E-state index in [2.05, 4.69) is 0 Å². The van der Waals surface area contributed by atoms with Gasteiger partial charge in [-0.1, -0.05) is 0 Å². The minimum Gasteiger partial charge on any atom is -0.478 e. The summed E-state index contributed by atoms with van der Waals surface area (Å²) in [7, 11) is -3.88. The van der Waals surface area contributed by atoms with Crippen molar-refractivity contribution in [1.82, 2.24) is 0 Å². The molecule has 1 aromatic carbocycles. The average Bonchev–Trinajstić information content (AvgIpc) is 2.27. The smallest absolute Gasteiger partial charge is 0.329 e. The highest BCUT2D eigenvalue weighted by atomic mass is 32.2. The SMILES string of the molecule is O=C(O)/C=C/S(=O)(=O)c1ccc([N+](=O)[O-])cc1. The normalized spacial score (nSPS) is 11.5. The zero-order chi connectivity index (χ0) is 13.1.